The van der Waals surface area contributed by atoms with Gasteiger partial charge in [-0.15, -0.1) is 0 Å². The maximum Gasteiger partial charge on any atom is 0.243 e. The van der Waals surface area contributed by atoms with Crippen LogP contribution in [0.25, 0.3) is 0 Å². The van der Waals surface area contributed by atoms with Gasteiger partial charge in [0, 0.05) is 11.6 Å². The fourth-order valence-electron chi connectivity index (χ4n) is 1.53. The first-order valence-electron chi connectivity index (χ1n) is 5.40. The lowest BCUT2D eigenvalue weighted by molar-refractivity contribution is -0.117. The van der Waals surface area contributed by atoms with Crippen molar-refractivity contribution < 1.29 is 13.6 Å². The van der Waals surface area contributed by atoms with Crippen molar-refractivity contribution >= 4 is 5.91 Å². The molecule has 0 heterocycles. The Morgan fingerprint density at radius 1 is 1.41 bits per heavy atom. The van der Waals surface area contributed by atoms with Crippen molar-refractivity contribution in [3.05, 3.63) is 47.5 Å². The van der Waals surface area contributed by atoms with Crippen molar-refractivity contribution in [3.8, 4) is 0 Å². The van der Waals surface area contributed by atoms with Crippen molar-refractivity contribution in [1.82, 2.24) is 5.32 Å². The van der Waals surface area contributed by atoms with Crippen molar-refractivity contribution in [2.24, 2.45) is 0 Å². The van der Waals surface area contributed by atoms with Crippen LogP contribution >= 0.6 is 0 Å². The smallest absolute Gasteiger partial charge is 0.243 e. The first-order valence-corrected chi connectivity index (χ1v) is 5.40. The average molecular weight is 239 g/mol. The molecule has 1 aromatic rings. The number of benzene rings is 1. The van der Waals surface area contributed by atoms with Gasteiger partial charge in [0.05, 0.1) is 0 Å². The number of hydrogen-bond donors (Lipinski definition) is 1. The van der Waals surface area contributed by atoms with Crippen LogP contribution in [0, 0.1) is 11.6 Å². The minimum Gasteiger partial charge on any atom is -0.350 e. The van der Waals surface area contributed by atoms with E-state index < -0.39 is 11.6 Å². The van der Waals surface area contributed by atoms with E-state index in [1.165, 1.54) is 24.3 Å². The van der Waals surface area contributed by atoms with Gasteiger partial charge in [-0.3, -0.25) is 4.79 Å². The Morgan fingerprint density at radius 2 is 2.00 bits per heavy atom. The van der Waals surface area contributed by atoms with Crippen molar-refractivity contribution in [1.29, 1.82) is 0 Å². The van der Waals surface area contributed by atoms with Gasteiger partial charge in [0.15, 0.2) is 0 Å². The molecule has 0 bridgehead atoms. The number of halogens is 2. The van der Waals surface area contributed by atoms with Crippen molar-refractivity contribution in [2.75, 3.05) is 0 Å². The van der Waals surface area contributed by atoms with Crippen LogP contribution in [0.3, 0.4) is 0 Å². The normalized spacial score (nSPS) is 12.7. The minimum absolute atomic E-state index is 0.000720. The van der Waals surface area contributed by atoms with Gasteiger partial charge in [-0.05, 0) is 38.5 Å². The van der Waals surface area contributed by atoms with E-state index in [2.05, 4.69) is 5.32 Å². The van der Waals surface area contributed by atoms with Gasteiger partial charge in [-0.2, -0.15) is 0 Å². The molecular formula is C13H15F2NO. The molecule has 1 amide bonds. The lowest BCUT2D eigenvalue weighted by atomic mass is 10.1. The van der Waals surface area contributed by atoms with Gasteiger partial charge >= 0.3 is 0 Å². The summed E-state index contributed by atoms with van der Waals surface area (Å²) in [6, 6.07) is 3.40. The molecule has 0 radical (unpaired) electrons. The second kappa shape index (κ2) is 6.13. The van der Waals surface area contributed by atoms with Gasteiger partial charge in [-0.25, -0.2) is 8.78 Å². The molecule has 17 heavy (non-hydrogen) atoms. The predicted octanol–water partition coefficient (Wildman–Crippen LogP) is 2.59. The summed E-state index contributed by atoms with van der Waals surface area (Å²) in [5.41, 5.74) is 0.000720. The Hall–Kier alpha value is -1.71. The number of carbonyl (C=O) groups is 1. The fraction of sp³-hybridized carbons (Fsp3) is 0.308. The number of rotatable bonds is 4. The molecular weight excluding hydrogens is 224 g/mol. The molecule has 0 aliphatic rings. The predicted molar refractivity (Wildman–Crippen MR) is 62.5 cm³/mol. The van der Waals surface area contributed by atoms with Gasteiger partial charge in [-0.1, -0.05) is 12.1 Å². The SMILES string of the molecule is CC=CC(=O)NC(C)Cc1c(F)cccc1F. The summed E-state index contributed by atoms with van der Waals surface area (Å²) < 4.78 is 26.7. The molecule has 1 atom stereocenters. The molecule has 0 aromatic heterocycles. The number of nitrogens with one attached hydrogen (secondary N) is 1. The van der Waals surface area contributed by atoms with E-state index in [9.17, 15) is 13.6 Å². The first kappa shape index (κ1) is 13.4. The minimum atomic E-state index is -0.586. The molecule has 0 fully saturated rings. The summed E-state index contributed by atoms with van der Waals surface area (Å²) in [5, 5.41) is 2.62. The number of carbonyl (C=O) groups excluding carboxylic acids is 1. The van der Waals surface area contributed by atoms with E-state index in [0.717, 1.165) is 0 Å². The number of amides is 1. The van der Waals surface area contributed by atoms with E-state index in [0.29, 0.717) is 0 Å². The van der Waals surface area contributed by atoms with Crippen LogP contribution in [0.4, 0.5) is 8.78 Å². The van der Waals surface area contributed by atoms with E-state index in [-0.39, 0.29) is 23.9 Å². The highest BCUT2D eigenvalue weighted by atomic mass is 19.1. The van der Waals surface area contributed by atoms with Crippen LogP contribution < -0.4 is 5.32 Å². The molecule has 0 saturated heterocycles. The molecule has 0 spiro atoms. The largest absolute Gasteiger partial charge is 0.350 e. The Balaban J connectivity index is 2.68. The van der Waals surface area contributed by atoms with Crippen LogP contribution in [0.2, 0.25) is 0 Å². The van der Waals surface area contributed by atoms with Crippen molar-refractivity contribution in [3.63, 3.8) is 0 Å². The lowest BCUT2D eigenvalue weighted by Gasteiger charge is -2.13. The second-order valence-electron chi connectivity index (χ2n) is 3.81. The Kier molecular flexibility index (Phi) is 4.82. The maximum absolute atomic E-state index is 13.3. The summed E-state index contributed by atoms with van der Waals surface area (Å²) in [6.45, 7) is 3.42. The highest BCUT2D eigenvalue weighted by Gasteiger charge is 2.13. The lowest BCUT2D eigenvalue weighted by Crippen LogP contribution is -2.33. The van der Waals surface area contributed by atoms with Gasteiger partial charge in [0.1, 0.15) is 11.6 Å². The Morgan fingerprint density at radius 3 is 2.53 bits per heavy atom. The van der Waals surface area contributed by atoms with Gasteiger partial charge in [0.2, 0.25) is 5.91 Å². The van der Waals surface area contributed by atoms with Crippen LogP contribution in [0.5, 0.6) is 0 Å². The summed E-state index contributed by atoms with van der Waals surface area (Å²) in [5.74, 6) is -1.44. The molecule has 1 aromatic carbocycles. The number of hydrogen-bond acceptors (Lipinski definition) is 1. The van der Waals surface area contributed by atoms with E-state index in [1.807, 2.05) is 0 Å². The second-order valence-corrected chi connectivity index (χ2v) is 3.81. The summed E-state index contributed by atoms with van der Waals surface area (Å²) >= 11 is 0. The molecule has 0 aliphatic carbocycles. The number of allylic oxidation sites excluding steroid dienone is 1. The summed E-state index contributed by atoms with van der Waals surface area (Å²) in [7, 11) is 0. The van der Waals surface area contributed by atoms with Crippen LogP contribution in [0.1, 0.15) is 19.4 Å². The molecule has 4 heteroatoms. The molecule has 1 rings (SSSR count). The molecule has 1 unspecified atom stereocenters. The zero-order valence-electron chi connectivity index (χ0n) is 9.84. The Bertz CT molecular complexity index is 409. The zero-order valence-corrected chi connectivity index (χ0v) is 9.84. The Labute approximate surface area is 99.3 Å². The van der Waals surface area contributed by atoms with E-state index in [4.69, 9.17) is 0 Å². The topological polar surface area (TPSA) is 29.1 Å². The van der Waals surface area contributed by atoms with Gasteiger partial charge in [0.25, 0.3) is 0 Å². The van der Waals surface area contributed by atoms with E-state index >= 15 is 0 Å². The third kappa shape index (κ3) is 3.98. The molecule has 2 nitrogen and oxygen atoms in total. The van der Waals surface area contributed by atoms with Gasteiger partial charge < -0.3 is 5.32 Å². The third-order valence-corrected chi connectivity index (χ3v) is 2.28. The summed E-state index contributed by atoms with van der Waals surface area (Å²) in [6.07, 6.45) is 3.10. The monoisotopic (exact) mass is 239 g/mol. The standard InChI is InChI=1S/C13H15F2NO/c1-3-5-13(17)16-9(2)8-10-11(14)6-4-7-12(10)15/h3-7,9H,8H2,1-2H3,(H,16,17). The van der Waals surface area contributed by atoms with Crippen LogP contribution in [0.15, 0.2) is 30.4 Å². The molecule has 92 valence electrons. The third-order valence-electron chi connectivity index (χ3n) is 2.28. The highest BCUT2D eigenvalue weighted by Crippen LogP contribution is 2.14. The molecule has 1 N–H and O–H groups in total. The molecule has 0 saturated carbocycles. The molecule has 0 aliphatic heterocycles. The first-order chi connectivity index (χ1) is 8.04. The zero-order chi connectivity index (χ0) is 12.8. The van der Waals surface area contributed by atoms with E-state index in [1.54, 1.807) is 19.9 Å². The maximum atomic E-state index is 13.3. The van der Waals surface area contributed by atoms with Crippen LogP contribution in [-0.4, -0.2) is 11.9 Å². The fourth-order valence-corrected chi connectivity index (χ4v) is 1.53. The summed E-state index contributed by atoms with van der Waals surface area (Å²) in [4.78, 5) is 11.2. The van der Waals surface area contributed by atoms with Crippen molar-refractivity contribution in [2.45, 2.75) is 26.3 Å². The highest BCUT2D eigenvalue weighted by molar-refractivity contribution is 5.87. The quantitative estimate of drug-likeness (QED) is 0.804. The average Bonchev–Trinajstić information content (AvgIpc) is 2.24. The van der Waals surface area contributed by atoms with Crippen LogP contribution in [-0.2, 0) is 11.2 Å².